The molecule has 7 nitrogen and oxygen atoms in total. The van der Waals surface area contributed by atoms with E-state index in [1.165, 1.54) is 0 Å². The van der Waals surface area contributed by atoms with Crippen molar-refractivity contribution < 1.29 is 14.4 Å². The van der Waals surface area contributed by atoms with Gasteiger partial charge < -0.3 is 4.90 Å². The lowest BCUT2D eigenvalue weighted by Crippen LogP contribution is -2.47. The highest BCUT2D eigenvalue weighted by atomic mass is 16.2. The van der Waals surface area contributed by atoms with Crippen LogP contribution >= 0.6 is 0 Å². The Balaban J connectivity index is 1.50. The lowest BCUT2D eigenvalue weighted by molar-refractivity contribution is -0.135. The highest BCUT2D eigenvalue weighted by Gasteiger charge is 2.20. The quantitative estimate of drug-likeness (QED) is 0.640. The standard InChI is InChI=1S/C24H24N4O3/c29-22(16-28-14-8-2-5-13-23(28)30)26-27-24(31)19-15-21(17-9-3-1-4-10-17)25-20-12-7-6-11-18(19)20/h1,3-4,6-7,9-12,15H,2,5,8,13-14,16H2,(H,26,29)(H,27,31). The van der Waals surface area contributed by atoms with Crippen molar-refractivity contribution in [1.82, 2.24) is 20.7 Å². The van der Waals surface area contributed by atoms with Crippen LogP contribution in [-0.4, -0.2) is 40.7 Å². The van der Waals surface area contributed by atoms with Crippen LogP contribution in [0.2, 0.25) is 0 Å². The summed E-state index contributed by atoms with van der Waals surface area (Å²) < 4.78 is 0. The molecule has 0 radical (unpaired) electrons. The minimum Gasteiger partial charge on any atom is -0.333 e. The number of nitrogens with zero attached hydrogens (tertiary/aromatic N) is 2. The molecule has 2 aromatic carbocycles. The van der Waals surface area contributed by atoms with Crippen LogP contribution in [0.15, 0.2) is 60.7 Å². The Labute approximate surface area is 180 Å². The maximum Gasteiger partial charge on any atom is 0.270 e. The van der Waals surface area contributed by atoms with E-state index in [-0.39, 0.29) is 12.5 Å². The number of carbonyl (C=O) groups is 3. The van der Waals surface area contributed by atoms with E-state index in [9.17, 15) is 14.4 Å². The molecule has 31 heavy (non-hydrogen) atoms. The number of hydrazine groups is 1. The number of para-hydroxylation sites is 1. The zero-order chi connectivity index (χ0) is 21.6. The molecular weight excluding hydrogens is 392 g/mol. The van der Waals surface area contributed by atoms with Gasteiger partial charge in [-0.05, 0) is 25.0 Å². The number of aromatic nitrogens is 1. The zero-order valence-corrected chi connectivity index (χ0v) is 17.1. The normalized spacial score (nSPS) is 14.2. The van der Waals surface area contributed by atoms with E-state index < -0.39 is 11.8 Å². The van der Waals surface area contributed by atoms with Crippen LogP contribution in [-0.2, 0) is 9.59 Å². The Bertz CT molecular complexity index is 1110. The largest absolute Gasteiger partial charge is 0.333 e. The summed E-state index contributed by atoms with van der Waals surface area (Å²) in [7, 11) is 0. The van der Waals surface area contributed by atoms with Gasteiger partial charge in [-0.2, -0.15) is 0 Å². The van der Waals surface area contributed by atoms with E-state index >= 15 is 0 Å². The molecule has 4 rings (SSSR count). The summed E-state index contributed by atoms with van der Waals surface area (Å²) in [4.78, 5) is 43.5. The van der Waals surface area contributed by atoms with Gasteiger partial charge in [0.25, 0.3) is 11.8 Å². The molecule has 2 N–H and O–H groups in total. The fourth-order valence-electron chi connectivity index (χ4n) is 3.73. The highest BCUT2D eigenvalue weighted by molar-refractivity contribution is 6.07. The summed E-state index contributed by atoms with van der Waals surface area (Å²) in [6, 6.07) is 18.7. The predicted molar refractivity (Wildman–Crippen MR) is 118 cm³/mol. The molecule has 3 amide bonds. The van der Waals surface area contributed by atoms with Crippen molar-refractivity contribution >= 4 is 28.6 Å². The monoisotopic (exact) mass is 416 g/mol. The van der Waals surface area contributed by atoms with Crippen molar-refractivity contribution in [2.75, 3.05) is 13.1 Å². The fraction of sp³-hybridized carbons (Fsp3) is 0.250. The fourth-order valence-corrected chi connectivity index (χ4v) is 3.73. The lowest BCUT2D eigenvalue weighted by atomic mass is 10.0. The van der Waals surface area contributed by atoms with Gasteiger partial charge in [0.1, 0.15) is 6.54 Å². The average Bonchev–Trinajstić information content (AvgIpc) is 3.01. The topological polar surface area (TPSA) is 91.4 Å². The van der Waals surface area contributed by atoms with Gasteiger partial charge in [-0.15, -0.1) is 0 Å². The highest BCUT2D eigenvalue weighted by Crippen LogP contribution is 2.24. The summed E-state index contributed by atoms with van der Waals surface area (Å²) in [5.41, 5.74) is 7.60. The van der Waals surface area contributed by atoms with E-state index in [0.29, 0.717) is 35.1 Å². The van der Waals surface area contributed by atoms with Gasteiger partial charge in [0.05, 0.1) is 16.8 Å². The van der Waals surface area contributed by atoms with E-state index in [0.717, 1.165) is 24.8 Å². The van der Waals surface area contributed by atoms with Crippen LogP contribution < -0.4 is 10.9 Å². The molecule has 7 heteroatoms. The van der Waals surface area contributed by atoms with E-state index in [2.05, 4.69) is 15.8 Å². The number of hydrogen-bond donors (Lipinski definition) is 2. The first-order valence-electron chi connectivity index (χ1n) is 10.4. The van der Waals surface area contributed by atoms with Gasteiger partial charge in [0.15, 0.2) is 0 Å². The van der Waals surface area contributed by atoms with E-state index in [4.69, 9.17) is 0 Å². The molecule has 0 spiro atoms. The van der Waals surface area contributed by atoms with Crippen molar-refractivity contribution in [3.05, 3.63) is 66.2 Å². The van der Waals surface area contributed by atoms with Gasteiger partial charge in [0, 0.05) is 23.9 Å². The molecule has 0 saturated carbocycles. The number of fused-ring (bicyclic) bond motifs is 1. The van der Waals surface area contributed by atoms with E-state index in [1.54, 1.807) is 11.0 Å². The minimum absolute atomic E-state index is 0.0217. The first kappa shape index (κ1) is 20.5. The van der Waals surface area contributed by atoms with Gasteiger partial charge in [-0.1, -0.05) is 55.0 Å². The SMILES string of the molecule is O=C(CN1CCCCCC1=O)NNC(=O)c1cc(-c2ccccc2)nc2ccccc12. The Hall–Kier alpha value is -3.74. The van der Waals surface area contributed by atoms with Crippen LogP contribution in [0.1, 0.15) is 36.0 Å². The molecule has 1 saturated heterocycles. The van der Waals surface area contributed by atoms with E-state index in [1.807, 2.05) is 54.6 Å². The molecule has 0 aliphatic carbocycles. The number of pyridine rings is 1. The number of nitrogens with one attached hydrogen (secondary N) is 2. The lowest BCUT2D eigenvalue weighted by Gasteiger charge is -2.20. The maximum atomic E-state index is 12.9. The molecule has 0 unspecified atom stereocenters. The molecule has 2 heterocycles. The van der Waals surface area contributed by atoms with Crippen molar-refractivity contribution in [3.8, 4) is 11.3 Å². The minimum atomic E-state index is -0.439. The smallest absolute Gasteiger partial charge is 0.270 e. The van der Waals surface area contributed by atoms with Crippen LogP contribution in [0.5, 0.6) is 0 Å². The summed E-state index contributed by atoms with van der Waals surface area (Å²) in [5, 5.41) is 0.691. The second-order valence-corrected chi connectivity index (χ2v) is 7.57. The molecule has 0 bridgehead atoms. The predicted octanol–water partition coefficient (Wildman–Crippen LogP) is 3.07. The first-order valence-corrected chi connectivity index (χ1v) is 10.4. The summed E-state index contributed by atoms with van der Waals surface area (Å²) >= 11 is 0. The molecule has 1 aliphatic rings. The average molecular weight is 416 g/mol. The Kier molecular flexibility index (Phi) is 6.21. The summed E-state index contributed by atoms with van der Waals surface area (Å²) in [6.45, 7) is 0.501. The second-order valence-electron chi connectivity index (χ2n) is 7.57. The summed E-state index contributed by atoms with van der Waals surface area (Å²) in [5.74, 6) is -0.886. The van der Waals surface area contributed by atoms with Crippen LogP contribution in [0.25, 0.3) is 22.2 Å². The zero-order valence-electron chi connectivity index (χ0n) is 17.1. The van der Waals surface area contributed by atoms with Crippen LogP contribution in [0.4, 0.5) is 0 Å². The van der Waals surface area contributed by atoms with Crippen molar-refractivity contribution in [2.24, 2.45) is 0 Å². The van der Waals surface area contributed by atoms with Crippen molar-refractivity contribution in [1.29, 1.82) is 0 Å². The molecule has 1 aliphatic heterocycles. The third-order valence-electron chi connectivity index (χ3n) is 5.35. The Morgan fingerprint density at radius 3 is 2.55 bits per heavy atom. The number of amides is 3. The number of benzene rings is 2. The number of likely N-dealkylation sites (tertiary alicyclic amines) is 1. The van der Waals surface area contributed by atoms with Gasteiger partial charge in [-0.25, -0.2) is 4.98 Å². The van der Waals surface area contributed by atoms with Gasteiger partial charge in [0.2, 0.25) is 5.91 Å². The number of carbonyl (C=O) groups excluding carboxylic acids is 3. The second kappa shape index (κ2) is 9.38. The first-order chi connectivity index (χ1) is 15.1. The molecular formula is C24H24N4O3. The maximum absolute atomic E-state index is 12.9. The third-order valence-corrected chi connectivity index (χ3v) is 5.35. The Morgan fingerprint density at radius 1 is 0.935 bits per heavy atom. The number of hydrogen-bond acceptors (Lipinski definition) is 4. The van der Waals surface area contributed by atoms with Crippen LogP contribution in [0.3, 0.4) is 0 Å². The number of rotatable bonds is 4. The Morgan fingerprint density at radius 2 is 1.71 bits per heavy atom. The van der Waals surface area contributed by atoms with Crippen LogP contribution in [0, 0.1) is 0 Å². The van der Waals surface area contributed by atoms with Crippen molar-refractivity contribution in [3.63, 3.8) is 0 Å². The molecule has 3 aromatic rings. The summed E-state index contributed by atoms with van der Waals surface area (Å²) in [6.07, 6.45) is 3.19. The third kappa shape index (κ3) is 4.88. The molecule has 1 aromatic heterocycles. The van der Waals surface area contributed by atoms with Gasteiger partial charge >= 0.3 is 0 Å². The van der Waals surface area contributed by atoms with Crippen molar-refractivity contribution in [2.45, 2.75) is 25.7 Å². The van der Waals surface area contributed by atoms with Gasteiger partial charge in [-0.3, -0.25) is 25.2 Å². The molecule has 0 atom stereocenters. The molecule has 158 valence electrons. The molecule has 1 fully saturated rings.